The highest BCUT2D eigenvalue weighted by Gasteiger charge is 2.47. The van der Waals surface area contributed by atoms with Gasteiger partial charge in [-0.15, -0.1) is 0 Å². The number of Topliss-reactive ketones (excluding diaryl/α,β-unsaturated/α-hetero) is 1. The summed E-state index contributed by atoms with van der Waals surface area (Å²) in [5.74, 6) is -0.957. The number of amides is 1. The summed E-state index contributed by atoms with van der Waals surface area (Å²) in [6.07, 6.45) is -7.27. The molecular weight excluding hydrogens is 418 g/mol. The van der Waals surface area contributed by atoms with Crippen molar-refractivity contribution < 1.29 is 54.4 Å². The highest BCUT2D eigenvalue weighted by atomic mass is 16.7. The zero-order chi connectivity index (χ0) is 22.9. The van der Waals surface area contributed by atoms with Crippen molar-refractivity contribution in [3.8, 4) is 0 Å². The van der Waals surface area contributed by atoms with Crippen LogP contribution in [0.4, 0.5) is 0 Å². The van der Waals surface area contributed by atoms with Gasteiger partial charge < -0.3 is 49.7 Å². The van der Waals surface area contributed by atoms with Gasteiger partial charge in [-0.3, -0.25) is 9.59 Å². The number of hydrogen-bond acceptors (Lipinski definition) is 11. The molecule has 31 heavy (non-hydrogen) atoms. The second-order valence-corrected chi connectivity index (χ2v) is 8.13. The molecule has 3 aliphatic rings. The Bertz CT molecular complexity index is 726. The number of allylic oxidation sites excluding steroid dienone is 1. The Morgan fingerprint density at radius 2 is 1.84 bits per heavy atom. The van der Waals surface area contributed by atoms with Crippen molar-refractivity contribution in [1.29, 1.82) is 0 Å². The number of likely N-dealkylation sites (tertiary alicyclic amines) is 1. The minimum absolute atomic E-state index is 0.0776. The van der Waals surface area contributed by atoms with Crippen LogP contribution in [-0.4, -0.2) is 117 Å². The van der Waals surface area contributed by atoms with E-state index >= 15 is 0 Å². The lowest BCUT2D eigenvalue weighted by atomic mass is 9.85. The van der Waals surface area contributed by atoms with Gasteiger partial charge >= 0.3 is 0 Å². The fourth-order valence-electron chi connectivity index (χ4n) is 4.22. The molecule has 0 aromatic heterocycles. The van der Waals surface area contributed by atoms with Gasteiger partial charge in [-0.2, -0.15) is 0 Å². The van der Waals surface area contributed by atoms with Crippen molar-refractivity contribution in [1.82, 2.24) is 4.90 Å². The molecule has 2 aliphatic heterocycles. The standard InChI is InChI=1S/C19H29NO11/c1-29-17-10(4-19(28,8-22)5-11(17)23)20-9(2-3-13(20)24)7-30-18-16(27)15(26)14(25)12(6-21)31-18/h9,12,14-16,18,21-22,25-28H,2-8H2,1H3. The quantitative estimate of drug-likeness (QED) is 0.230. The van der Waals surface area contributed by atoms with Crippen LogP contribution in [0.25, 0.3) is 0 Å². The number of aliphatic hydroxyl groups excluding tert-OH is 5. The number of carbonyl (C=O) groups is 2. The topological polar surface area (TPSA) is 186 Å². The third kappa shape index (κ3) is 4.61. The molecule has 0 aromatic carbocycles. The molecular formula is C19H29NO11. The molecule has 1 aliphatic carbocycles. The molecule has 6 N–H and O–H groups in total. The predicted octanol–water partition coefficient (Wildman–Crippen LogP) is -3.26. The van der Waals surface area contributed by atoms with E-state index in [1.165, 1.54) is 12.0 Å². The van der Waals surface area contributed by atoms with Crippen molar-refractivity contribution in [3.63, 3.8) is 0 Å². The van der Waals surface area contributed by atoms with Crippen LogP contribution in [0.1, 0.15) is 25.7 Å². The Kier molecular flexibility index (Phi) is 7.33. The molecule has 7 unspecified atom stereocenters. The lowest BCUT2D eigenvalue weighted by Crippen LogP contribution is -2.59. The van der Waals surface area contributed by atoms with Crippen molar-refractivity contribution in [2.24, 2.45) is 0 Å². The van der Waals surface area contributed by atoms with Crippen molar-refractivity contribution in [3.05, 3.63) is 11.5 Å². The lowest BCUT2D eigenvalue weighted by molar-refractivity contribution is -0.302. The summed E-state index contributed by atoms with van der Waals surface area (Å²) in [4.78, 5) is 26.3. The van der Waals surface area contributed by atoms with Gasteiger partial charge in [0.1, 0.15) is 30.0 Å². The maximum atomic E-state index is 12.6. The maximum absolute atomic E-state index is 12.6. The Hall–Kier alpha value is -1.64. The largest absolute Gasteiger partial charge is 0.491 e. The van der Waals surface area contributed by atoms with E-state index in [0.717, 1.165) is 0 Å². The lowest BCUT2D eigenvalue weighted by Gasteiger charge is -2.41. The number of ketones is 1. The fraction of sp³-hybridized carbons (Fsp3) is 0.789. The minimum Gasteiger partial charge on any atom is -0.491 e. The van der Waals surface area contributed by atoms with E-state index in [-0.39, 0.29) is 43.2 Å². The summed E-state index contributed by atoms with van der Waals surface area (Å²) in [6, 6.07) is -0.603. The van der Waals surface area contributed by atoms with Crippen LogP contribution in [0.5, 0.6) is 0 Å². The number of ether oxygens (including phenoxy) is 3. The molecule has 2 heterocycles. The number of hydrogen-bond donors (Lipinski definition) is 6. The highest BCUT2D eigenvalue weighted by Crippen LogP contribution is 2.37. The summed E-state index contributed by atoms with van der Waals surface area (Å²) in [5.41, 5.74) is -1.58. The van der Waals surface area contributed by atoms with E-state index in [4.69, 9.17) is 14.2 Å². The van der Waals surface area contributed by atoms with Crippen LogP contribution in [0.2, 0.25) is 0 Å². The van der Waals surface area contributed by atoms with Crippen LogP contribution < -0.4 is 0 Å². The first kappa shape index (κ1) is 24.0. The van der Waals surface area contributed by atoms with Gasteiger partial charge in [0.05, 0.1) is 38.7 Å². The number of rotatable bonds is 7. The van der Waals surface area contributed by atoms with Crippen LogP contribution in [0.3, 0.4) is 0 Å². The molecule has 0 saturated carbocycles. The van der Waals surface area contributed by atoms with Gasteiger partial charge in [0.25, 0.3) is 0 Å². The second-order valence-electron chi connectivity index (χ2n) is 8.13. The third-order valence-electron chi connectivity index (χ3n) is 5.92. The van der Waals surface area contributed by atoms with E-state index in [1.54, 1.807) is 0 Å². The van der Waals surface area contributed by atoms with Crippen molar-refractivity contribution >= 4 is 11.7 Å². The fourth-order valence-corrected chi connectivity index (χ4v) is 4.22. The van der Waals surface area contributed by atoms with E-state index in [2.05, 4.69) is 0 Å². The summed E-state index contributed by atoms with van der Waals surface area (Å²) in [6.45, 7) is -1.45. The molecule has 0 spiro atoms. The molecule has 12 nitrogen and oxygen atoms in total. The molecule has 2 saturated heterocycles. The molecule has 2 fully saturated rings. The monoisotopic (exact) mass is 447 g/mol. The molecule has 176 valence electrons. The highest BCUT2D eigenvalue weighted by molar-refractivity contribution is 5.97. The second kappa shape index (κ2) is 9.46. The van der Waals surface area contributed by atoms with Gasteiger partial charge in [-0.25, -0.2) is 0 Å². The molecule has 0 aromatic rings. The van der Waals surface area contributed by atoms with Gasteiger partial charge in [0, 0.05) is 19.3 Å². The molecule has 1 amide bonds. The van der Waals surface area contributed by atoms with Crippen LogP contribution in [0, 0.1) is 0 Å². The van der Waals surface area contributed by atoms with E-state index in [9.17, 15) is 40.2 Å². The number of methoxy groups -OCH3 is 1. The first-order chi connectivity index (χ1) is 14.7. The van der Waals surface area contributed by atoms with Gasteiger partial charge in [0.15, 0.2) is 12.0 Å². The molecule has 0 bridgehead atoms. The summed E-state index contributed by atoms with van der Waals surface area (Å²) >= 11 is 0. The SMILES string of the molecule is COC1=C(N2C(=O)CCC2COC2OC(CO)C(O)C(O)C2O)CC(O)(CO)CC1=O. The Morgan fingerprint density at radius 3 is 2.45 bits per heavy atom. The van der Waals surface area contributed by atoms with Crippen LogP contribution >= 0.6 is 0 Å². The summed E-state index contributed by atoms with van der Waals surface area (Å²) in [5, 5.41) is 59.1. The predicted molar refractivity (Wildman–Crippen MR) is 99.9 cm³/mol. The average Bonchev–Trinajstić information content (AvgIpc) is 3.11. The van der Waals surface area contributed by atoms with Gasteiger partial charge in [-0.05, 0) is 6.42 Å². The zero-order valence-corrected chi connectivity index (χ0v) is 17.1. The van der Waals surface area contributed by atoms with E-state index in [0.29, 0.717) is 6.42 Å². The molecule has 12 heteroatoms. The van der Waals surface area contributed by atoms with Crippen molar-refractivity contribution in [2.45, 2.75) is 68.0 Å². The Morgan fingerprint density at radius 1 is 1.13 bits per heavy atom. The average molecular weight is 447 g/mol. The van der Waals surface area contributed by atoms with E-state index < -0.39 is 61.3 Å². The third-order valence-corrected chi connectivity index (χ3v) is 5.92. The maximum Gasteiger partial charge on any atom is 0.227 e. The summed E-state index contributed by atoms with van der Waals surface area (Å²) in [7, 11) is 1.27. The zero-order valence-electron chi connectivity index (χ0n) is 17.1. The molecule has 3 rings (SSSR count). The molecule has 7 atom stereocenters. The first-order valence-corrected chi connectivity index (χ1v) is 10.0. The molecule has 0 radical (unpaired) electrons. The number of aliphatic hydroxyl groups is 6. The van der Waals surface area contributed by atoms with Crippen LogP contribution in [-0.2, 0) is 23.8 Å². The van der Waals surface area contributed by atoms with Crippen LogP contribution in [0.15, 0.2) is 11.5 Å². The Balaban J connectivity index is 1.78. The van der Waals surface area contributed by atoms with Gasteiger partial charge in [-0.1, -0.05) is 0 Å². The number of nitrogens with zero attached hydrogens (tertiary/aromatic N) is 1. The number of carbonyl (C=O) groups excluding carboxylic acids is 2. The van der Waals surface area contributed by atoms with Gasteiger partial charge in [0.2, 0.25) is 11.7 Å². The normalized spacial score (nSPS) is 39.4. The minimum atomic E-state index is -1.72. The van der Waals surface area contributed by atoms with Crippen molar-refractivity contribution in [2.75, 3.05) is 26.9 Å². The van der Waals surface area contributed by atoms with E-state index in [1.807, 2.05) is 0 Å². The first-order valence-electron chi connectivity index (χ1n) is 10.0. The smallest absolute Gasteiger partial charge is 0.227 e. The summed E-state index contributed by atoms with van der Waals surface area (Å²) < 4.78 is 16.1. The Labute approximate surface area is 178 Å².